The maximum Gasteiger partial charge on any atom is 0.257 e. The van der Waals surface area contributed by atoms with E-state index in [1.807, 2.05) is 36.2 Å². The fraction of sp³-hybridized carbons (Fsp3) is 0.325. The first-order valence-electron chi connectivity index (χ1n) is 17.8. The van der Waals surface area contributed by atoms with Gasteiger partial charge in [0.15, 0.2) is 0 Å². The average molecular weight is 769 g/mol. The molecule has 1 aliphatic carbocycles. The molecule has 0 radical (unpaired) electrons. The van der Waals surface area contributed by atoms with Crippen molar-refractivity contribution in [2.24, 2.45) is 0 Å². The third-order valence-electron chi connectivity index (χ3n) is 10.6. The number of fused-ring (bicyclic) bond motifs is 6. The van der Waals surface area contributed by atoms with E-state index < -0.39 is 5.92 Å². The molecule has 4 aromatic heterocycles. The topological polar surface area (TPSA) is 116 Å². The van der Waals surface area contributed by atoms with Gasteiger partial charge in [-0.15, -0.1) is 21.5 Å². The zero-order chi connectivity index (χ0) is 37.3. The molecule has 1 fully saturated rings. The highest BCUT2D eigenvalue weighted by molar-refractivity contribution is 7.23. The van der Waals surface area contributed by atoms with E-state index in [4.69, 9.17) is 30.5 Å². The first-order chi connectivity index (χ1) is 26.1. The van der Waals surface area contributed by atoms with Crippen LogP contribution in [0.4, 0.5) is 14.6 Å². The largest absolute Gasteiger partial charge is 0.496 e. The van der Waals surface area contributed by atoms with Crippen LogP contribution in [0.15, 0.2) is 59.1 Å². The lowest BCUT2D eigenvalue weighted by molar-refractivity contribution is 0.0127. The van der Waals surface area contributed by atoms with E-state index in [0.717, 1.165) is 68.4 Å². The molecule has 0 spiro atoms. The van der Waals surface area contributed by atoms with E-state index in [0.29, 0.717) is 57.8 Å². The van der Waals surface area contributed by atoms with Crippen molar-refractivity contribution in [1.82, 2.24) is 25.1 Å². The number of aryl methyl sites for hydroxylation is 1. The maximum absolute atomic E-state index is 14.0. The second kappa shape index (κ2) is 13.3. The van der Waals surface area contributed by atoms with Crippen molar-refractivity contribution in [3.63, 3.8) is 0 Å². The molecule has 0 bridgehead atoms. The van der Waals surface area contributed by atoms with E-state index in [2.05, 4.69) is 26.6 Å². The monoisotopic (exact) mass is 768 g/mol. The van der Waals surface area contributed by atoms with Crippen molar-refractivity contribution in [3.05, 3.63) is 99.3 Å². The summed E-state index contributed by atoms with van der Waals surface area (Å²) in [5.74, 6) is 0.476. The summed E-state index contributed by atoms with van der Waals surface area (Å²) in [5.41, 5.74) is 6.31. The average Bonchev–Trinajstić information content (AvgIpc) is 4.01. The van der Waals surface area contributed by atoms with Crippen LogP contribution in [-0.4, -0.2) is 64.2 Å². The number of nitrogens with one attached hydrogen (secondary N) is 1. The van der Waals surface area contributed by atoms with Gasteiger partial charge >= 0.3 is 0 Å². The van der Waals surface area contributed by atoms with E-state index in [9.17, 15) is 13.6 Å². The number of ether oxygens (including phenoxy) is 2. The standard InChI is InChI=1S/C30H25ClN6O3S.C10H10F2O/c1-14-35-36-29(40-14)23-19(10-16-13-39-21-12-17(31)5-6-18(16)21)34-26-20-4-3-9-37(20)30(38)25(26)24(23)22-11-15-7-8-33-28(32-2)27(15)41-22;1-13-9-4-2-3-7-5-10(11,12)6-8(7)9/h5-8,11-12,16,20H,3-4,9-10,13H2,1-2H3,(H,32,33);2-4H,5-6H2,1H3. The van der Waals surface area contributed by atoms with Gasteiger partial charge in [-0.3, -0.25) is 9.78 Å². The summed E-state index contributed by atoms with van der Waals surface area (Å²) in [6.45, 7) is 3.02. The molecule has 2 unspecified atom stereocenters. The highest BCUT2D eigenvalue weighted by Crippen LogP contribution is 2.51. The Labute approximate surface area is 318 Å². The lowest BCUT2D eigenvalue weighted by Gasteiger charge is -2.18. The zero-order valence-electron chi connectivity index (χ0n) is 29.7. The number of thiophene rings is 1. The van der Waals surface area contributed by atoms with Crippen molar-refractivity contribution in [2.75, 3.05) is 32.6 Å². The van der Waals surface area contributed by atoms with E-state index in [-0.39, 0.29) is 30.7 Å². The number of amides is 1. The highest BCUT2D eigenvalue weighted by atomic mass is 35.5. The van der Waals surface area contributed by atoms with Gasteiger partial charge in [-0.2, -0.15) is 0 Å². The van der Waals surface area contributed by atoms with Gasteiger partial charge in [-0.1, -0.05) is 29.8 Å². The Morgan fingerprint density at radius 3 is 2.78 bits per heavy atom. The molecule has 2 atom stereocenters. The second-order valence-corrected chi connectivity index (χ2v) is 15.5. The van der Waals surface area contributed by atoms with Gasteiger partial charge in [0.25, 0.3) is 11.8 Å². The van der Waals surface area contributed by atoms with Gasteiger partial charge in [-0.25, -0.2) is 13.8 Å². The molecule has 1 N–H and O–H groups in total. The minimum absolute atomic E-state index is 0.0163. The molecule has 1 amide bonds. The van der Waals surface area contributed by atoms with Crippen molar-refractivity contribution < 1.29 is 27.5 Å². The number of pyridine rings is 2. The van der Waals surface area contributed by atoms with Crippen molar-refractivity contribution >= 4 is 44.7 Å². The molecule has 14 heteroatoms. The van der Waals surface area contributed by atoms with Gasteiger partial charge in [0.2, 0.25) is 11.8 Å². The number of carbonyl (C=O) groups excluding carboxylic acids is 1. The molecule has 0 saturated carbocycles. The SMILES string of the molecule is CNc1nccc2cc(-c3c4c(nc(CC5COc6cc(Cl)ccc65)c3-c3nnc(C)o3)C3CCCN3C4=O)sc12.COc1cccc2c1CC(F)(F)C2. The van der Waals surface area contributed by atoms with Crippen LogP contribution in [0.2, 0.25) is 5.02 Å². The number of hydrogen-bond donors (Lipinski definition) is 1. The first-order valence-corrected chi connectivity index (χ1v) is 19.0. The quantitative estimate of drug-likeness (QED) is 0.178. The minimum Gasteiger partial charge on any atom is -0.496 e. The first kappa shape index (κ1) is 34.6. The molecular weight excluding hydrogens is 734 g/mol. The molecule has 6 aromatic rings. The summed E-state index contributed by atoms with van der Waals surface area (Å²) in [5, 5.41) is 13.5. The molecule has 7 heterocycles. The Balaban J connectivity index is 0.000000250. The Kier molecular flexibility index (Phi) is 8.53. The summed E-state index contributed by atoms with van der Waals surface area (Å²) in [7, 11) is 3.37. The van der Waals surface area contributed by atoms with Crippen LogP contribution >= 0.6 is 22.9 Å². The second-order valence-electron chi connectivity index (χ2n) is 14.0. The number of halogens is 3. The molecule has 1 saturated heterocycles. The van der Waals surface area contributed by atoms with Crippen LogP contribution < -0.4 is 14.8 Å². The molecule has 10 rings (SSSR count). The van der Waals surface area contributed by atoms with E-state index in [1.165, 1.54) is 7.11 Å². The zero-order valence-corrected chi connectivity index (χ0v) is 31.3. The van der Waals surface area contributed by atoms with Crippen LogP contribution in [0, 0.1) is 6.92 Å². The van der Waals surface area contributed by atoms with Gasteiger partial charge in [0.05, 0.1) is 47.0 Å². The Hall–Kier alpha value is -5.14. The molecule has 54 heavy (non-hydrogen) atoms. The molecule has 4 aliphatic rings. The van der Waals surface area contributed by atoms with Crippen molar-refractivity contribution in [3.8, 4) is 33.4 Å². The predicted molar refractivity (Wildman–Crippen MR) is 202 cm³/mol. The molecule has 2 aromatic carbocycles. The van der Waals surface area contributed by atoms with Crippen molar-refractivity contribution in [2.45, 2.75) is 56.9 Å². The highest BCUT2D eigenvalue weighted by Gasteiger charge is 2.45. The van der Waals surface area contributed by atoms with Gasteiger partial charge in [-0.05, 0) is 54.1 Å². The Morgan fingerprint density at radius 1 is 1.11 bits per heavy atom. The summed E-state index contributed by atoms with van der Waals surface area (Å²) in [4.78, 5) is 26.7. The summed E-state index contributed by atoms with van der Waals surface area (Å²) in [6.07, 6.45) is 3.91. The number of aromatic nitrogens is 4. The fourth-order valence-corrected chi connectivity index (χ4v) is 9.63. The Morgan fingerprint density at radius 2 is 1.98 bits per heavy atom. The number of benzene rings is 2. The van der Waals surface area contributed by atoms with Crippen LogP contribution in [0.5, 0.6) is 11.5 Å². The van der Waals surface area contributed by atoms with Crippen LogP contribution in [0.3, 0.4) is 0 Å². The minimum atomic E-state index is -2.59. The van der Waals surface area contributed by atoms with E-state index >= 15 is 0 Å². The fourth-order valence-electron chi connectivity index (χ4n) is 8.26. The predicted octanol–water partition coefficient (Wildman–Crippen LogP) is 8.85. The third-order valence-corrected chi connectivity index (χ3v) is 12.0. The number of alkyl halides is 2. The number of nitrogens with zero attached hydrogens (tertiary/aromatic N) is 5. The van der Waals surface area contributed by atoms with Crippen LogP contribution in [0.25, 0.3) is 32.0 Å². The van der Waals surface area contributed by atoms with Gasteiger partial charge in [0, 0.05) is 78.5 Å². The maximum atomic E-state index is 14.0. The lowest BCUT2D eigenvalue weighted by Crippen LogP contribution is -2.22. The van der Waals surface area contributed by atoms with Crippen molar-refractivity contribution in [1.29, 1.82) is 0 Å². The number of anilines is 1. The number of methoxy groups -OCH3 is 1. The third kappa shape index (κ3) is 5.84. The van der Waals surface area contributed by atoms with Gasteiger partial charge < -0.3 is 24.1 Å². The van der Waals surface area contributed by atoms with Gasteiger partial charge in [0.1, 0.15) is 17.3 Å². The summed E-state index contributed by atoms with van der Waals surface area (Å²) >= 11 is 7.85. The number of carbonyl (C=O) groups is 1. The lowest BCUT2D eigenvalue weighted by atomic mass is 9.89. The number of hydrogen-bond acceptors (Lipinski definition) is 10. The Bertz CT molecular complexity index is 2470. The summed E-state index contributed by atoms with van der Waals surface area (Å²) < 4.78 is 44.1. The molecular formula is C40H35ClF2N6O4S. The van der Waals surface area contributed by atoms with Crippen LogP contribution in [-0.2, 0) is 19.3 Å². The van der Waals surface area contributed by atoms with Crippen LogP contribution in [0.1, 0.15) is 69.1 Å². The normalized spacial score (nSPS) is 18.9. The van der Waals surface area contributed by atoms with E-state index in [1.54, 1.807) is 42.7 Å². The summed E-state index contributed by atoms with van der Waals surface area (Å²) in [6, 6.07) is 15.1. The molecule has 10 nitrogen and oxygen atoms in total. The molecule has 276 valence electrons. The smallest absolute Gasteiger partial charge is 0.257 e. The number of rotatable bonds is 6. The molecule has 3 aliphatic heterocycles.